The molecule has 0 amide bonds. The first kappa shape index (κ1) is 5.48. The van der Waals surface area contributed by atoms with E-state index < -0.39 is 0 Å². The van der Waals surface area contributed by atoms with Crippen LogP contribution in [0.1, 0.15) is 25.7 Å². The van der Waals surface area contributed by atoms with Gasteiger partial charge in [0, 0.05) is 6.04 Å². The third-order valence-electron chi connectivity index (χ3n) is 2.34. The van der Waals surface area contributed by atoms with E-state index in [0.717, 1.165) is 6.04 Å². The molecule has 2 aliphatic rings. The molecule has 1 saturated heterocycles. The lowest BCUT2D eigenvalue weighted by molar-refractivity contribution is 0.492. The Morgan fingerprint density at radius 1 is 1.56 bits per heavy atom. The number of fused-ring (bicyclic) bond motifs is 1. The van der Waals surface area contributed by atoms with Gasteiger partial charge in [-0.2, -0.15) is 0 Å². The normalized spacial score (nSPS) is 33.8. The van der Waals surface area contributed by atoms with E-state index in [9.17, 15) is 0 Å². The monoisotopic (exact) mass is 123 g/mol. The largest absolute Gasteiger partial charge is 0.310 e. The van der Waals surface area contributed by atoms with Gasteiger partial charge < -0.3 is 5.32 Å². The Hall–Kier alpha value is -0.300. The number of piperidine rings is 1. The van der Waals surface area contributed by atoms with Crippen molar-refractivity contribution in [2.24, 2.45) is 0 Å². The van der Waals surface area contributed by atoms with Gasteiger partial charge in [-0.3, -0.25) is 0 Å². The van der Waals surface area contributed by atoms with Crippen molar-refractivity contribution >= 4 is 0 Å². The second-order valence-electron chi connectivity index (χ2n) is 2.97. The average molecular weight is 123 g/mol. The predicted molar refractivity (Wildman–Crippen MR) is 38.3 cm³/mol. The highest BCUT2D eigenvalue weighted by Gasteiger charge is 2.20. The van der Waals surface area contributed by atoms with Gasteiger partial charge in [0.05, 0.1) is 0 Å². The van der Waals surface area contributed by atoms with Crippen LogP contribution >= 0.6 is 0 Å². The first-order chi connectivity index (χ1) is 4.47. The average Bonchev–Trinajstić information content (AvgIpc) is 2.33. The molecule has 0 aromatic carbocycles. The predicted octanol–water partition coefficient (Wildman–Crippen LogP) is 1.46. The van der Waals surface area contributed by atoms with Crippen LogP contribution in [0.25, 0.3) is 0 Å². The van der Waals surface area contributed by atoms with E-state index in [4.69, 9.17) is 0 Å². The van der Waals surface area contributed by atoms with Gasteiger partial charge >= 0.3 is 0 Å². The van der Waals surface area contributed by atoms with E-state index >= 15 is 0 Å². The molecule has 1 aliphatic carbocycles. The van der Waals surface area contributed by atoms with Crippen LogP contribution in [0, 0.1) is 0 Å². The lowest BCUT2D eigenvalue weighted by Crippen LogP contribution is -2.33. The molecule has 1 fully saturated rings. The maximum absolute atomic E-state index is 3.51. The summed E-state index contributed by atoms with van der Waals surface area (Å²) in [6, 6.07) is 0.777. The molecule has 1 aliphatic heterocycles. The van der Waals surface area contributed by atoms with Crippen molar-refractivity contribution < 1.29 is 0 Å². The molecule has 1 N–H and O–H groups in total. The summed E-state index contributed by atoms with van der Waals surface area (Å²) >= 11 is 0. The van der Waals surface area contributed by atoms with Crippen LogP contribution in [0.5, 0.6) is 0 Å². The zero-order chi connectivity index (χ0) is 6.10. The molecule has 0 aromatic rings. The van der Waals surface area contributed by atoms with Crippen molar-refractivity contribution in [3.8, 4) is 0 Å². The highest BCUT2D eigenvalue weighted by molar-refractivity contribution is 5.18. The minimum Gasteiger partial charge on any atom is -0.310 e. The van der Waals surface area contributed by atoms with Gasteiger partial charge in [-0.05, 0) is 32.2 Å². The number of hydrogen-bond donors (Lipinski definition) is 1. The Morgan fingerprint density at radius 2 is 2.56 bits per heavy atom. The fourth-order valence-corrected chi connectivity index (χ4v) is 1.84. The van der Waals surface area contributed by atoms with Crippen LogP contribution in [0.3, 0.4) is 0 Å². The number of allylic oxidation sites excluding steroid dienone is 1. The van der Waals surface area contributed by atoms with Crippen LogP contribution in [0.15, 0.2) is 11.6 Å². The molecule has 0 saturated carbocycles. The van der Waals surface area contributed by atoms with E-state index in [1.54, 1.807) is 5.57 Å². The molecule has 0 spiro atoms. The zero-order valence-electron chi connectivity index (χ0n) is 5.69. The Bertz CT molecular complexity index is 138. The van der Waals surface area contributed by atoms with Crippen molar-refractivity contribution in [2.45, 2.75) is 31.7 Å². The SMILES string of the molecule is C1=C2CCCNC2CC1. The molecule has 2 rings (SSSR count). The van der Waals surface area contributed by atoms with Gasteiger partial charge in [0.1, 0.15) is 0 Å². The number of hydrogen-bond acceptors (Lipinski definition) is 1. The fourth-order valence-electron chi connectivity index (χ4n) is 1.84. The highest BCUT2D eigenvalue weighted by Crippen LogP contribution is 2.25. The molecule has 1 unspecified atom stereocenters. The Kier molecular flexibility index (Phi) is 1.31. The second-order valence-corrected chi connectivity index (χ2v) is 2.97. The molecular formula is C8H13N. The summed E-state index contributed by atoms with van der Waals surface area (Å²) in [4.78, 5) is 0. The topological polar surface area (TPSA) is 12.0 Å². The van der Waals surface area contributed by atoms with Crippen LogP contribution in [0.2, 0.25) is 0 Å². The van der Waals surface area contributed by atoms with Crippen molar-refractivity contribution in [1.29, 1.82) is 0 Å². The molecule has 1 atom stereocenters. The van der Waals surface area contributed by atoms with Gasteiger partial charge in [-0.1, -0.05) is 11.6 Å². The lowest BCUT2D eigenvalue weighted by atomic mass is 10.0. The highest BCUT2D eigenvalue weighted by atomic mass is 14.9. The van der Waals surface area contributed by atoms with E-state index in [1.165, 1.54) is 32.2 Å². The van der Waals surface area contributed by atoms with Crippen LogP contribution < -0.4 is 5.32 Å². The third-order valence-corrected chi connectivity index (χ3v) is 2.34. The summed E-state index contributed by atoms with van der Waals surface area (Å²) in [6.45, 7) is 1.24. The Balaban J connectivity index is 2.09. The fraction of sp³-hybridized carbons (Fsp3) is 0.750. The zero-order valence-corrected chi connectivity index (χ0v) is 5.69. The Morgan fingerprint density at radius 3 is 3.44 bits per heavy atom. The van der Waals surface area contributed by atoms with Crippen LogP contribution in [0.4, 0.5) is 0 Å². The molecule has 9 heavy (non-hydrogen) atoms. The minimum absolute atomic E-state index is 0.777. The van der Waals surface area contributed by atoms with Gasteiger partial charge in [-0.15, -0.1) is 0 Å². The minimum atomic E-state index is 0.777. The summed E-state index contributed by atoms with van der Waals surface area (Å²) in [6.07, 6.45) is 7.79. The number of rotatable bonds is 0. The van der Waals surface area contributed by atoms with E-state index in [0.29, 0.717) is 0 Å². The summed E-state index contributed by atoms with van der Waals surface area (Å²) in [7, 11) is 0. The van der Waals surface area contributed by atoms with Gasteiger partial charge in [-0.25, -0.2) is 0 Å². The molecule has 1 heterocycles. The maximum atomic E-state index is 3.51. The molecule has 1 nitrogen and oxygen atoms in total. The molecule has 0 radical (unpaired) electrons. The van der Waals surface area contributed by atoms with E-state index in [1.807, 2.05) is 0 Å². The molecule has 50 valence electrons. The van der Waals surface area contributed by atoms with Crippen molar-refractivity contribution in [2.75, 3.05) is 6.54 Å². The van der Waals surface area contributed by atoms with Gasteiger partial charge in [0.2, 0.25) is 0 Å². The number of nitrogens with one attached hydrogen (secondary N) is 1. The quantitative estimate of drug-likeness (QED) is 0.481. The summed E-state index contributed by atoms with van der Waals surface area (Å²) in [5.41, 5.74) is 1.68. The first-order valence-corrected chi connectivity index (χ1v) is 3.89. The smallest absolute Gasteiger partial charge is 0.0282 e. The summed E-state index contributed by atoms with van der Waals surface area (Å²) in [5.74, 6) is 0. The molecule has 0 bridgehead atoms. The third kappa shape index (κ3) is 0.897. The van der Waals surface area contributed by atoms with E-state index in [-0.39, 0.29) is 0 Å². The van der Waals surface area contributed by atoms with Crippen molar-refractivity contribution in [3.63, 3.8) is 0 Å². The van der Waals surface area contributed by atoms with E-state index in [2.05, 4.69) is 11.4 Å². The van der Waals surface area contributed by atoms with Crippen molar-refractivity contribution in [1.82, 2.24) is 5.32 Å². The first-order valence-electron chi connectivity index (χ1n) is 3.89. The Labute approximate surface area is 56.1 Å². The second kappa shape index (κ2) is 2.14. The van der Waals surface area contributed by atoms with Gasteiger partial charge in [0.15, 0.2) is 0 Å². The molecular weight excluding hydrogens is 110 g/mol. The molecule has 0 aromatic heterocycles. The maximum Gasteiger partial charge on any atom is 0.0282 e. The lowest BCUT2D eigenvalue weighted by Gasteiger charge is -2.21. The summed E-state index contributed by atoms with van der Waals surface area (Å²) < 4.78 is 0. The standard InChI is InChI=1S/C8H13N/c1-3-7-4-2-6-9-8(7)5-1/h3,8-9H,1-2,4-6H2. The van der Waals surface area contributed by atoms with Crippen LogP contribution in [-0.2, 0) is 0 Å². The summed E-state index contributed by atoms with van der Waals surface area (Å²) in [5, 5.41) is 3.51. The van der Waals surface area contributed by atoms with Crippen molar-refractivity contribution in [3.05, 3.63) is 11.6 Å². The van der Waals surface area contributed by atoms with Crippen LogP contribution in [-0.4, -0.2) is 12.6 Å². The molecule has 1 heteroatoms. The van der Waals surface area contributed by atoms with Gasteiger partial charge in [0.25, 0.3) is 0 Å².